The van der Waals surface area contributed by atoms with E-state index in [9.17, 15) is 9.59 Å². The first kappa shape index (κ1) is 13.9. The maximum Gasteiger partial charge on any atom is 0.302 e. The van der Waals surface area contributed by atoms with Crippen molar-refractivity contribution >= 4 is 27.7 Å². The lowest BCUT2D eigenvalue weighted by molar-refractivity contribution is -0.141. The van der Waals surface area contributed by atoms with E-state index < -0.39 is 0 Å². The molecule has 1 rings (SSSR count). The molecule has 0 aliphatic heterocycles. The lowest BCUT2D eigenvalue weighted by atomic mass is 10.1. The van der Waals surface area contributed by atoms with Gasteiger partial charge in [-0.3, -0.25) is 9.59 Å². The van der Waals surface area contributed by atoms with Crippen molar-refractivity contribution in [2.45, 2.75) is 19.8 Å². The van der Waals surface area contributed by atoms with Gasteiger partial charge in [0.1, 0.15) is 0 Å². The highest BCUT2D eigenvalue weighted by molar-refractivity contribution is 9.09. The normalized spacial score (nSPS) is 10.0. The van der Waals surface area contributed by atoms with E-state index in [-0.39, 0.29) is 11.8 Å². The topological polar surface area (TPSA) is 43.4 Å². The smallest absolute Gasteiger partial charge is 0.302 e. The fourth-order valence-electron chi connectivity index (χ4n) is 1.43. The van der Waals surface area contributed by atoms with Crippen LogP contribution in [-0.4, -0.2) is 23.7 Å². The fraction of sp³-hybridized carbons (Fsp3) is 0.385. The van der Waals surface area contributed by atoms with Crippen LogP contribution in [0.5, 0.6) is 0 Å². The van der Waals surface area contributed by atoms with E-state index in [1.165, 1.54) is 6.92 Å². The Morgan fingerprint density at radius 1 is 1.24 bits per heavy atom. The van der Waals surface area contributed by atoms with Gasteiger partial charge in [-0.05, 0) is 18.4 Å². The average molecular weight is 299 g/mol. The molecule has 17 heavy (non-hydrogen) atoms. The summed E-state index contributed by atoms with van der Waals surface area (Å²) in [5.41, 5.74) is 1.86. The standard InChI is InChI=1S/C13H15BrO3/c1-10(15)17-8-2-3-11-4-6-12(7-5-11)13(16)9-14/h4-7H,2-3,8-9H2,1H3. The second-order valence-electron chi connectivity index (χ2n) is 3.70. The van der Waals surface area contributed by atoms with Crippen molar-refractivity contribution in [3.8, 4) is 0 Å². The van der Waals surface area contributed by atoms with E-state index in [0.29, 0.717) is 17.5 Å². The molecule has 0 aliphatic rings. The number of aryl methyl sites for hydroxylation is 1. The van der Waals surface area contributed by atoms with Crippen LogP contribution in [0.25, 0.3) is 0 Å². The first-order chi connectivity index (χ1) is 8.13. The molecule has 0 radical (unpaired) electrons. The van der Waals surface area contributed by atoms with Crippen molar-refractivity contribution in [2.75, 3.05) is 11.9 Å². The number of halogens is 1. The lowest BCUT2D eigenvalue weighted by Crippen LogP contribution is -2.02. The van der Waals surface area contributed by atoms with Crippen LogP contribution in [0, 0.1) is 0 Å². The predicted molar refractivity (Wildman–Crippen MR) is 69.5 cm³/mol. The zero-order valence-corrected chi connectivity index (χ0v) is 11.3. The molecule has 92 valence electrons. The highest BCUT2D eigenvalue weighted by Crippen LogP contribution is 2.08. The van der Waals surface area contributed by atoms with E-state index >= 15 is 0 Å². The maximum atomic E-state index is 11.4. The Morgan fingerprint density at radius 3 is 2.41 bits per heavy atom. The maximum absolute atomic E-state index is 11.4. The lowest BCUT2D eigenvalue weighted by Gasteiger charge is -2.03. The van der Waals surface area contributed by atoms with Gasteiger partial charge >= 0.3 is 5.97 Å². The summed E-state index contributed by atoms with van der Waals surface area (Å²) in [6.07, 6.45) is 1.64. The Hall–Kier alpha value is -1.16. The molecule has 0 spiro atoms. The Bertz CT molecular complexity index is 384. The molecule has 0 bridgehead atoms. The SMILES string of the molecule is CC(=O)OCCCc1ccc(C(=O)CBr)cc1. The van der Waals surface area contributed by atoms with Crippen molar-refractivity contribution in [1.29, 1.82) is 0 Å². The number of ketones is 1. The van der Waals surface area contributed by atoms with E-state index in [1.54, 1.807) is 0 Å². The third-order valence-electron chi connectivity index (χ3n) is 2.31. The molecule has 0 unspecified atom stereocenters. The number of carbonyl (C=O) groups excluding carboxylic acids is 2. The molecule has 1 aromatic rings. The first-order valence-electron chi connectivity index (χ1n) is 5.45. The third kappa shape index (κ3) is 5.13. The van der Waals surface area contributed by atoms with Crippen molar-refractivity contribution < 1.29 is 14.3 Å². The van der Waals surface area contributed by atoms with Gasteiger partial charge in [0.15, 0.2) is 5.78 Å². The van der Waals surface area contributed by atoms with Gasteiger partial charge in [-0.25, -0.2) is 0 Å². The number of ether oxygens (including phenoxy) is 1. The average Bonchev–Trinajstić information content (AvgIpc) is 2.34. The van der Waals surface area contributed by atoms with Gasteiger partial charge in [-0.15, -0.1) is 0 Å². The molecule has 0 saturated heterocycles. The predicted octanol–water partition coefficient (Wildman–Crippen LogP) is 2.76. The van der Waals surface area contributed by atoms with Gasteiger partial charge in [-0.1, -0.05) is 40.2 Å². The Labute approximate surface area is 109 Å². The molecule has 0 fully saturated rings. The van der Waals surface area contributed by atoms with Crippen molar-refractivity contribution in [1.82, 2.24) is 0 Å². The molecule has 0 aromatic heterocycles. The Balaban J connectivity index is 2.40. The highest BCUT2D eigenvalue weighted by atomic mass is 79.9. The van der Waals surface area contributed by atoms with E-state index in [1.807, 2.05) is 24.3 Å². The van der Waals surface area contributed by atoms with E-state index in [4.69, 9.17) is 4.74 Å². The summed E-state index contributed by atoms with van der Waals surface area (Å²) in [7, 11) is 0. The number of alkyl halides is 1. The summed E-state index contributed by atoms with van der Waals surface area (Å²) in [5.74, 6) is -0.167. The van der Waals surface area contributed by atoms with Gasteiger partial charge in [-0.2, -0.15) is 0 Å². The quantitative estimate of drug-likeness (QED) is 0.351. The molecular formula is C13H15BrO3. The minimum absolute atomic E-state index is 0.0801. The number of hydrogen-bond donors (Lipinski definition) is 0. The molecule has 0 amide bonds. The van der Waals surface area contributed by atoms with Crippen LogP contribution in [0.4, 0.5) is 0 Å². The largest absolute Gasteiger partial charge is 0.466 e. The fourth-order valence-corrected chi connectivity index (χ4v) is 1.75. The molecule has 0 atom stereocenters. The summed E-state index contributed by atoms with van der Waals surface area (Å²) in [6, 6.07) is 7.52. The van der Waals surface area contributed by atoms with Crippen molar-refractivity contribution in [3.63, 3.8) is 0 Å². The summed E-state index contributed by atoms with van der Waals surface area (Å²) < 4.78 is 4.84. The van der Waals surface area contributed by atoms with Crippen molar-refractivity contribution in [3.05, 3.63) is 35.4 Å². The zero-order valence-electron chi connectivity index (χ0n) is 9.74. The number of rotatable bonds is 6. The second-order valence-corrected chi connectivity index (χ2v) is 4.26. The molecule has 0 N–H and O–H groups in total. The number of benzene rings is 1. The summed E-state index contributed by atoms with van der Waals surface area (Å²) in [6.45, 7) is 1.85. The van der Waals surface area contributed by atoms with E-state index in [0.717, 1.165) is 18.4 Å². The number of Topliss-reactive ketones (excluding diaryl/α,β-unsaturated/α-hetero) is 1. The first-order valence-corrected chi connectivity index (χ1v) is 6.57. The Morgan fingerprint density at radius 2 is 1.88 bits per heavy atom. The number of carbonyl (C=O) groups is 2. The van der Waals surface area contributed by atoms with Gasteiger partial charge in [0.25, 0.3) is 0 Å². The molecule has 1 aromatic carbocycles. The molecule has 4 heteroatoms. The Kier molecular flexibility index (Phi) is 5.91. The van der Waals surface area contributed by atoms with Crippen molar-refractivity contribution in [2.24, 2.45) is 0 Å². The minimum Gasteiger partial charge on any atom is -0.466 e. The van der Waals surface area contributed by atoms with Crippen LogP contribution in [0.2, 0.25) is 0 Å². The zero-order chi connectivity index (χ0) is 12.7. The minimum atomic E-state index is -0.247. The van der Waals surface area contributed by atoms with Crippen LogP contribution >= 0.6 is 15.9 Å². The summed E-state index contributed by atoms with van der Waals surface area (Å²) in [4.78, 5) is 21.9. The van der Waals surface area contributed by atoms with Crippen LogP contribution in [0.1, 0.15) is 29.3 Å². The summed E-state index contributed by atoms with van der Waals surface area (Å²) in [5, 5.41) is 0.346. The summed E-state index contributed by atoms with van der Waals surface area (Å²) >= 11 is 3.14. The van der Waals surface area contributed by atoms with Gasteiger partial charge in [0.2, 0.25) is 0 Å². The van der Waals surface area contributed by atoms with Gasteiger partial charge < -0.3 is 4.74 Å². The van der Waals surface area contributed by atoms with Crippen LogP contribution in [-0.2, 0) is 16.0 Å². The third-order valence-corrected chi connectivity index (χ3v) is 2.82. The molecular weight excluding hydrogens is 284 g/mol. The number of hydrogen-bond acceptors (Lipinski definition) is 3. The number of esters is 1. The van der Waals surface area contributed by atoms with Crippen LogP contribution in [0.15, 0.2) is 24.3 Å². The molecule has 0 saturated carbocycles. The highest BCUT2D eigenvalue weighted by Gasteiger charge is 2.03. The van der Waals surface area contributed by atoms with E-state index in [2.05, 4.69) is 15.9 Å². The second kappa shape index (κ2) is 7.22. The van der Waals surface area contributed by atoms with Gasteiger partial charge in [0.05, 0.1) is 11.9 Å². The van der Waals surface area contributed by atoms with Crippen LogP contribution in [0.3, 0.4) is 0 Å². The van der Waals surface area contributed by atoms with Gasteiger partial charge in [0, 0.05) is 12.5 Å². The molecule has 0 aliphatic carbocycles. The van der Waals surface area contributed by atoms with Crippen LogP contribution < -0.4 is 0 Å². The monoisotopic (exact) mass is 298 g/mol. The molecule has 0 heterocycles. The molecule has 3 nitrogen and oxygen atoms in total.